The van der Waals surface area contributed by atoms with Crippen molar-refractivity contribution in [1.82, 2.24) is 0 Å². The molecule has 0 spiro atoms. The number of imide groups is 1. The fourth-order valence-corrected chi connectivity index (χ4v) is 1.62. The summed E-state index contributed by atoms with van der Waals surface area (Å²) in [5.74, 6) is -2.31. The number of phenolic OH excluding ortho intramolecular Hbond substituents is 1. The standard InChI is InChI=1S/C12H10FNO3/c1-6-7(2)12(17)14(11(6)16)8-3-4-10(15)9(13)5-8/h3-5,15H,1-2H3. The minimum Gasteiger partial charge on any atom is -0.505 e. The van der Waals surface area contributed by atoms with E-state index in [9.17, 15) is 14.0 Å². The number of aromatic hydroxyl groups is 1. The highest BCUT2D eigenvalue weighted by atomic mass is 19.1. The molecule has 2 amide bonds. The van der Waals surface area contributed by atoms with Crippen molar-refractivity contribution in [2.45, 2.75) is 13.8 Å². The average Bonchev–Trinajstić information content (AvgIpc) is 2.48. The van der Waals surface area contributed by atoms with Crippen molar-refractivity contribution in [2.75, 3.05) is 4.90 Å². The van der Waals surface area contributed by atoms with Crippen molar-refractivity contribution in [3.8, 4) is 5.75 Å². The van der Waals surface area contributed by atoms with Gasteiger partial charge in [0.2, 0.25) is 0 Å². The van der Waals surface area contributed by atoms with Crippen LogP contribution < -0.4 is 4.90 Å². The Morgan fingerprint density at radius 3 is 2.12 bits per heavy atom. The Kier molecular flexibility index (Phi) is 2.46. The quantitative estimate of drug-likeness (QED) is 0.754. The average molecular weight is 235 g/mol. The van der Waals surface area contributed by atoms with Crippen molar-refractivity contribution in [2.24, 2.45) is 0 Å². The second-order valence-electron chi connectivity index (χ2n) is 3.83. The van der Waals surface area contributed by atoms with Crippen LogP contribution in [0.15, 0.2) is 29.3 Å². The minimum atomic E-state index is -0.870. The zero-order chi connectivity index (χ0) is 12.7. The summed E-state index contributed by atoms with van der Waals surface area (Å²) < 4.78 is 13.2. The fourth-order valence-electron chi connectivity index (χ4n) is 1.62. The molecule has 0 radical (unpaired) electrons. The first-order valence-electron chi connectivity index (χ1n) is 4.98. The summed E-state index contributed by atoms with van der Waals surface area (Å²) >= 11 is 0. The lowest BCUT2D eigenvalue weighted by Gasteiger charge is -2.14. The first kappa shape index (κ1) is 11.3. The molecule has 1 aromatic rings. The lowest BCUT2D eigenvalue weighted by molar-refractivity contribution is -0.120. The number of hydrogen-bond acceptors (Lipinski definition) is 3. The van der Waals surface area contributed by atoms with E-state index in [0.717, 1.165) is 17.0 Å². The summed E-state index contributed by atoms with van der Waals surface area (Å²) in [6.07, 6.45) is 0. The Morgan fingerprint density at radius 1 is 1.12 bits per heavy atom. The summed E-state index contributed by atoms with van der Waals surface area (Å²) in [6, 6.07) is 3.38. The van der Waals surface area contributed by atoms with Crippen molar-refractivity contribution in [1.29, 1.82) is 0 Å². The van der Waals surface area contributed by atoms with Gasteiger partial charge in [0.05, 0.1) is 5.69 Å². The van der Waals surface area contributed by atoms with E-state index in [0.29, 0.717) is 11.1 Å². The lowest BCUT2D eigenvalue weighted by atomic mass is 10.2. The molecule has 0 saturated carbocycles. The molecular formula is C12H10FNO3. The topological polar surface area (TPSA) is 57.6 Å². The predicted octanol–water partition coefficient (Wildman–Crippen LogP) is 1.74. The molecule has 0 aliphatic carbocycles. The number of carbonyl (C=O) groups excluding carboxylic acids is 2. The number of halogens is 1. The van der Waals surface area contributed by atoms with Crippen LogP contribution in [0.1, 0.15) is 13.8 Å². The molecule has 0 bridgehead atoms. The summed E-state index contributed by atoms with van der Waals surface area (Å²) in [5.41, 5.74) is 0.818. The van der Waals surface area contributed by atoms with Crippen LogP contribution >= 0.6 is 0 Å². The number of rotatable bonds is 1. The molecule has 5 heteroatoms. The van der Waals surface area contributed by atoms with Gasteiger partial charge in [-0.1, -0.05) is 0 Å². The number of nitrogens with zero attached hydrogens (tertiary/aromatic N) is 1. The van der Waals surface area contributed by atoms with Crippen LogP contribution in [-0.2, 0) is 9.59 Å². The van der Waals surface area contributed by atoms with Crippen molar-refractivity contribution >= 4 is 17.5 Å². The maximum Gasteiger partial charge on any atom is 0.261 e. The number of amides is 2. The van der Waals surface area contributed by atoms with E-state index in [-0.39, 0.29) is 5.69 Å². The van der Waals surface area contributed by atoms with Gasteiger partial charge in [-0.05, 0) is 26.0 Å². The van der Waals surface area contributed by atoms with Crippen LogP contribution in [-0.4, -0.2) is 16.9 Å². The SMILES string of the molecule is CC1=C(C)C(=O)N(c2ccc(O)c(F)c2)C1=O. The normalized spacial score (nSPS) is 16.1. The third kappa shape index (κ3) is 1.60. The first-order valence-corrected chi connectivity index (χ1v) is 4.98. The molecule has 0 atom stereocenters. The van der Waals surface area contributed by atoms with Gasteiger partial charge in [0.1, 0.15) is 0 Å². The van der Waals surface area contributed by atoms with E-state index < -0.39 is 23.4 Å². The first-order chi connectivity index (χ1) is 7.93. The van der Waals surface area contributed by atoms with Crippen molar-refractivity contribution in [3.05, 3.63) is 35.2 Å². The number of benzene rings is 1. The Morgan fingerprint density at radius 2 is 1.65 bits per heavy atom. The number of hydrogen-bond donors (Lipinski definition) is 1. The van der Waals surface area contributed by atoms with Gasteiger partial charge in [0.25, 0.3) is 11.8 Å². The fraction of sp³-hybridized carbons (Fsp3) is 0.167. The van der Waals surface area contributed by atoms with E-state index in [4.69, 9.17) is 5.11 Å². The van der Waals surface area contributed by atoms with Crippen LogP contribution in [0.4, 0.5) is 10.1 Å². The molecule has 0 saturated heterocycles. The Labute approximate surface area is 97.0 Å². The van der Waals surface area contributed by atoms with Crippen LogP contribution in [0, 0.1) is 5.82 Å². The molecule has 1 N–H and O–H groups in total. The molecule has 2 rings (SSSR count). The number of anilines is 1. The van der Waals surface area contributed by atoms with Gasteiger partial charge in [0.15, 0.2) is 11.6 Å². The molecule has 1 aliphatic heterocycles. The molecule has 1 aliphatic rings. The van der Waals surface area contributed by atoms with Gasteiger partial charge >= 0.3 is 0 Å². The zero-order valence-electron chi connectivity index (χ0n) is 9.32. The second kappa shape index (κ2) is 3.69. The van der Waals surface area contributed by atoms with Crippen LogP contribution in [0.2, 0.25) is 0 Å². The third-order valence-electron chi connectivity index (χ3n) is 2.80. The van der Waals surface area contributed by atoms with Crippen LogP contribution in [0.25, 0.3) is 0 Å². The smallest absolute Gasteiger partial charge is 0.261 e. The lowest BCUT2D eigenvalue weighted by Crippen LogP contribution is -2.31. The highest BCUT2D eigenvalue weighted by molar-refractivity contribution is 6.32. The van der Waals surface area contributed by atoms with Crippen LogP contribution in [0.5, 0.6) is 5.75 Å². The Bertz CT molecular complexity index is 539. The number of phenols is 1. The highest BCUT2D eigenvalue weighted by Crippen LogP contribution is 2.29. The largest absolute Gasteiger partial charge is 0.505 e. The van der Waals surface area contributed by atoms with Gasteiger partial charge < -0.3 is 5.11 Å². The highest BCUT2D eigenvalue weighted by Gasteiger charge is 2.34. The molecule has 88 valence electrons. The molecule has 0 aromatic heterocycles. The molecule has 4 nitrogen and oxygen atoms in total. The molecule has 0 fully saturated rings. The predicted molar refractivity (Wildman–Crippen MR) is 58.9 cm³/mol. The number of carbonyl (C=O) groups is 2. The maximum atomic E-state index is 13.2. The van der Waals surface area contributed by atoms with Crippen LogP contribution in [0.3, 0.4) is 0 Å². The van der Waals surface area contributed by atoms with Gasteiger partial charge in [-0.2, -0.15) is 0 Å². The minimum absolute atomic E-state index is 0.117. The summed E-state index contributed by atoms with van der Waals surface area (Å²) in [7, 11) is 0. The Balaban J connectivity index is 2.47. The molecule has 0 unspecified atom stereocenters. The van der Waals surface area contributed by atoms with Crippen molar-refractivity contribution < 1.29 is 19.1 Å². The van der Waals surface area contributed by atoms with Gasteiger partial charge in [-0.15, -0.1) is 0 Å². The molecule has 1 aromatic carbocycles. The molecule has 17 heavy (non-hydrogen) atoms. The van der Waals surface area contributed by atoms with E-state index in [1.54, 1.807) is 13.8 Å². The monoisotopic (exact) mass is 235 g/mol. The summed E-state index contributed by atoms with van der Waals surface area (Å²) in [6.45, 7) is 3.10. The van der Waals surface area contributed by atoms with E-state index in [1.807, 2.05) is 0 Å². The molecular weight excluding hydrogens is 225 g/mol. The summed E-state index contributed by atoms with van der Waals surface area (Å²) in [5, 5.41) is 9.05. The van der Waals surface area contributed by atoms with Gasteiger partial charge in [0, 0.05) is 17.2 Å². The molecule has 1 heterocycles. The van der Waals surface area contributed by atoms with E-state index in [2.05, 4.69) is 0 Å². The van der Waals surface area contributed by atoms with E-state index >= 15 is 0 Å². The van der Waals surface area contributed by atoms with E-state index in [1.165, 1.54) is 6.07 Å². The second-order valence-corrected chi connectivity index (χ2v) is 3.83. The van der Waals surface area contributed by atoms with Gasteiger partial charge in [-0.25, -0.2) is 9.29 Å². The third-order valence-corrected chi connectivity index (χ3v) is 2.80. The van der Waals surface area contributed by atoms with Gasteiger partial charge in [-0.3, -0.25) is 9.59 Å². The Hall–Kier alpha value is -2.17. The zero-order valence-corrected chi connectivity index (χ0v) is 9.32. The van der Waals surface area contributed by atoms with Crippen molar-refractivity contribution in [3.63, 3.8) is 0 Å². The maximum absolute atomic E-state index is 13.2. The summed E-state index contributed by atoms with van der Waals surface area (Å²) in [4.78, 5) is 24.5.